The first-order chi connectivity index (χ1) is 5.77. The maximum Gasteiger partial charge on any atom is 0.409 e. The van der Waals surface area contributed by atoms with Crippen LogP contribution in [0.3, 0.4) is 0 Å². The molecule has 0 bridgehead atoms. The van der Waals surface area contributed by atoms with Gasteiger partial charge in [-0.15, -0.1) is 6.42 Å². The van der Waals surface area contributed by atoms with E-state index >= 15 is 0 Å². The van der Waals surface area contributed by atoms with E-state index in [4.69, 9.17) is 11.2 Å². The molecule has 0 saturated carbocycles. The Balaban J connectivity index is 2.47. The molecular formula is C8H11NO3. The quantitative estimate of drug-likeness (QED) is 0.482. The van der Waals surface area contributed by atoms with Gasteiger partial charge in [0.1, 0.15) is 6.10 Å². The van der Waals surface area contributed by atoms with Gasteiger partial charge in [-0.3, -0.25) is 0 Å². The molecule has 0 N–H and O–H groups in total. The number of morpholine rings is 1. The second kappa shape index (κ2) is 3.98. The smallest absolute Gasteiger partial charge is 0.409 e. The Bertz CT molecular complexity index is 209. The monoisotopic (exact) mass is 169 g/mol. The van der Waals surface area contributed by atoms with Crippen LogP contribution < -0.4 is 0 Å². The van der Waals surface area contributed by atoms with Crippen molar-refractivity contribution in [2.24, 2.45) is 0 Å². The average Bonchev–Trinajstić information content (AvgIpc) is 2.17. The summed E-state index contributed by atoms with van der Waals surface area (Å²) in [7, 11) is 1.35. The second-order valence-corrected chi connectivity index (χ2v) is 2.44. The average molecular weight is 169 g/mol. The Morgan fingerprint density at radius 2 is 2.58 bits per heavy atom. The van der Waals surface area contributed by atoms with E-state index in [0.29, 0.717) is 19.7 Å². The number of carbonyl (C=O) groups is 1. The molecule has 4 nitrogen and oxygen atoms in total. The van der Waals surface area contributed by atoms with Crippen LogP contribution in [0, 0.1) is 12.3 Å². The highest BCUT2D eigenvalue weighted by Crippen LogP contribution is 2.04. The molecule has 0 spiro atoms. The van der Waals surface area contributed by atoms with Crippen LogP contribution in [0.25, 0.3) is 0 Å². The van der Waals surface area contributed by atoms with E-state index in [1.54, 1.807) is 0 Å². The minimum atomic E-state index is -0.349. The van der Waals surface area contributed by atoms with Gasteiger partial charge in [0.2, 0.25) is 0 Å². The van der Waals surface area contributed by atoms with Crippen molar-refractivity contribution < 1.29 is 14.3 Å². The van der Waals surface area contributed by atoms with Crippen molar-refractivity contribution in [1.82, 2.24) is 4.90 Å². The number of carbonyl (C=O) groups excluding carboxylic acids is 1. The summed E-state index contributed by atoms with van der Waals surface area (Å²) in [6.07, 6.45) is 4.51. The van der Waals surface area contributed by atoms with Crippen LogP contribution in [0.1, 0.15) is 0 Å². The van der Waals surface area contributed by atoms with Gasteiger partial charge in [-0.2, -0.15) is 0 Å². The van der Waals surface area contributed by atoms with E-state index in [-0.39, 0.29) is 12.2 Å². The molecule has 1 amide bonds. The van der Waals surface area contributed by atoms with E-state index in [1.807, 2.05) is 0 Å². The van der Waals surface area contributed by atoms with Crippen molar-refractivity contribution in [3.63, 3.8) is 0 Å². The van der Waals surface area contributed by atoms with Gasteiger partial charge in [0, 0.05) is 6.54 Å². The lowest BCUT2D eigenvalue weighted by atomic mass is 10.3. The second-order valence-electron chi connectivity index (χ2n) is 2.44. The Hall–Kier alpha value is -1.21. The lowest BCUT2D eigenvalue weighted by Crippen LogP contribution is -2.45. The van der Waals surface area contributed by atoms with E-state index in [1.165, 1.54) is 12.0 Å². The van der Waals surface area contributed by atoms with Crippen LogP contribution in [-0.4, -0.2) is 43.9 Å². The van der Waals surface area contributed by atoms with Gasteiger partial charge < -0.3 is 14.4 Å². The highest BCUT2D eigenvalue weighted by atomic mass is 16.5. The third kappa shape index (κ3) is 1.89. The zero-order chi connectivity index (χ0) is 8.97. The maximum atomic E-state index is 11.0. The summed E-state index contributed by atoms with van der Waals surface area (Å²) in [5.74, 6) is 2.44. The van der Waals surface area contributed by atoms with Gasteiger partial charge in [0.25, 0.3) is 0 Å². The van der Waals surface area contributed by atoms with E-state index in [2.05, 4.69) is 10.7 Å². The van der Waals surface area contributed by atoms with E-state index in [0.717, 1.165) is 0 Å². The molecule has 0 aromatic carbocycles. The zero-order valence-electron chi connectivity index (χ0n) is 6.95. The largest absolute Gasteiger partial charge is 0.453 e. The molecule has 0 aromatic rings. The first-order valence-electron chi connectivity index (χ1n) is 3.68. The predicted octanol–water partition coefficient (Wildman–Crippen LogP) is 0.0868. The van der Waals surface area contributed by atoms with Crippen LogP contribution in [0.15, 0.2) is 0 Å². The number of nitrogens with zero attached hydrogens (tertiary/aromatic N) is 1. The van der Waals surface area contributed by atoms with Gasteiger partial charge in [-0.1, -0.05) is 5.92 Å². The summed E-state index contributed by atoms with van der Waals surface area (Å²) < 4.78 is 9.71. The number of ether oxygens (including phenoxy) is 2. The fourth-order valence-corrected chi connectivity index (χ4v) is 1.05. The van der Waals surface area contributed by atoms with Crippen molar-refractivity contribution in [2.45, 2.75) is 6.10 Å². The summed E-state index contributed by atoms with van der Waals surface area (Å²) in [4.78, 5) is 12.5. The number of hydrogen-bond acceptors (Lipinski definition) is 3. The first-order valence-corrected chi connectivity index (χ1v) is 3.68. The van der Waals surface area contributed by atoms with E-state index < -0.39 is 0 Å². The van der Waals surface area contributed by atoms with Gasteiger partial charge in [0.15, 0.2) is 0 Å². The molecule has 1 rings (SSSR count). The van der Waals surface area contributed by atoms with Crippen LogP contribution in [0.2, 0.25) is 0 Å². The highest BCUT2D eigenvalue weighted by molar-refractivity contribution is 5.67. The number of amides is 1. The summed E-state index contributed by atoms with van der Waals surface area (Å²) in [5, 5.41) is 0. The molecule has 4 heteroatoms. The van der Waals surface area contributed by atoms with Gasteiger partial charge >= 0.3 is 6.09 Å². The third-order valence-corrected chi connectivity index (χ3v) is 1.69. The van der Waals surface area contributed by atoms with Crippen molar-refractivity contribution in [1.29, 1.82) is 0 Å². The molecule has 1 fully saturated rings. The van der Waals surface area contributed by atoms with Crippen molar-refractivity contribution in [3.8, 4) is 12.3 Å². The number of methoxy groups -OCH3 is 1. The minimum absolute atomic E-state index is 0.294. The molecule has 1 atom stereocenters. The van der Waals surface area contributed by atoms with Crippen molar-refractivity contribution >= 4 is 6.09 Å². The lowest BCUT2D eigenvalue weighted by Gasteiger charge is -2.29. The van der Waals surface area contributed by atoms with Crippen LogP contribution in [-0.2, 0) is 9.47 Å². The van der Waals surface area contributed by atoms with Gasteiger partial charge in [0.05, 0.1) is 20.3 Å². The standard InChI is InChI=1S/C8H11NO3/c1-3-7-6-9(4-5-12-7)8(10)11-2/h1,7H,4-6H2,2H3/t7-/m0/s1. The Morgan fingerprint density at radius 1 is 1.83 bits per heavy atom. The highest BCUT2D eigenvalue weighted by Gasteiger charge is 2.22. The normalized spacial score (nSPS) is 23.0. The summed E-state index contributed by atoms with van der Waals surface area (Å²) in [5.41, 5.74) is 0. The minimum Gasteiger partial charge on any atom is -0.453 e. The topological polar surface area (TPSA) is 38.8 Å². The SMILES string of the molecule is C#C[C@H]1CN(C(=O)OC)CCO1. The fraction of sp³-hybridized carbons (Fsp3) is 0.625. The third-order valence-electron chi connectivity index (χ3n) is 1.69. The van der Waals surface area contributed by atoms with Gasteiger partial charge in [-0.25, -0.2) is 4.79 Å². The molecule has 0 aromatic heterocycles. The first kappa shape index (κ1) is 8.88. The molecule has 1 aliphatic heterocycles. The molecule has 12 heavy (non-hydrogen) atoms. The predicted molar refractivity (Wildman–Crippen MR) is 42.6 cm³/mol. The summed E-state index contributed by atoms with van der Waals surface area (Å²) in [6, 6.07) is 0. The van der Waals surface area contributed by atoms with Crippen molar-refractivity contribution in [3.05, 3.63) is 0 Å². The molecule has 0 radical (unpaired) electrons. The molecule has 1 aliphatic rings. The zero-order valence-corrected chi connectivity index (χ0v) is 6.95. The van der Waals surface area contributed by atoms with Crippen molar-refractivity contribution in [2.75, 3.05) is 26.8 Å². The maximum absolute atomic E-state index is 11.0. The number of rotatable bonds is 0. The molecule has 1 saturated heterocycles. The van der Waals surface area contributed by atoms with Crippen LogP contribution >= 0.6 is 0 Å². The molecule has 0 unspecified atom stereocenters. The van der Waals surface area contributed by atoms with E-state index in [9.17, 15) is 4.79 Å². The number of hydrogen-bond donors (Lipinski definition) is 0. The summed E-state index contributed by atoms with van der Waals surface area (Å²) >= 11 is 0. The molecule has 1 heterocycles. The Labute approximate surface area is 71.4 Å². The lowest BCUT2D eigenvalue weighted by molar-refractivity contribution is 0.00291. The van der Waals surface area contributed by atoms with Crippen LogP contribution in [0.5, 0.6) is 0 Å². The fourth-order valence-electron chi connectivity index (χ4n) is 1.05. The molecule has 0 aliphatic carbocycles. The summed E-state index contributed by atoms with van der Waals surface area (Å²) in [6.45, 7) is 1.44. The molecular weight excluding hydrogens is 158 g/mol. The Kier molecular flexibility index (Phi) is 2.94. The van der Waals surface area contributed by atoms with Gasteiger partial charge in [-0.05, 0) is 0 Å². The number of terminal acetylenes is 1. The molecule has 66 valence electrons. The van der Waals surface area contributed by atoms with Crippen LogP contribution in [0.4, 0.5) is 4.79 Å². The Morgan fingerprint density at radius 3 is 3.17 bits per heavy atom.